The summed E-state index contributed by atoms with van der Waals surface area (Å²) in [6.07, 6.45) is 6.82. The molecule has 1 unspecified atom stereocenters. The van der Waals surface area contributed by atoms with E-state index in [0.29, 0.717) is 29.4 Å². The molecular formula is C30H21F2IN4O3S2. The smallest absolute Gasteiger partial charge is 0.258 e. The lowest BCUT2D eigenvalue weighted by molar-refractivity contribution is -0.113. The highest BCUT2D eigenvalue weighted by molar-refractivity contribution is 14.1. The molecule has 0 aliphatic carbocycles. The first-order valence-corrected chi connectivity index (χ1v) is 15.7. The van der Waals surface area contributed by atoms with Gasteiger partial charge in [0, 0.05) is 47.5 Å². The van der Waals surface area contributed by atoms with Crippen molar-refractivity contribution in [2.75, 3.05) is 16.8 Å². The molecule has 7 nitrogen and oxygen atoms in total. The minimum Gasteiger partial charge on any atom is -0.493 e. The Morgan fingerprint density at radius 1 is 1.07 bits per heavy atom. The number of carbonyl (C=O) groups is 1. The number of halogens is 3. The molecule has 0 spiro atoms. The SMILES string of the molecule is CCOC1=C(C(=O)Nc2ccc(Oc3ccnc4cc(-c5nccs5)sc34)c(F)c2)C(I)N(c2ccc(F)cc2)C=C1. The molecular weight excluding hydrogens is 693 g/mol. The number of allylic oxidation sites excluding steroid dienone is 1. The number of thiazole rings is 1. The second-order valence-corrected chi connectivity index (χ2v) is 12.0. The summed E-state index contributed by atoms with van der Waals surface area (Å²) in [7, 11) is 0. The van der Waals surface area contributed by atoms with Gasteiger partial charge in [0.05, 0.1) is 27.3 Å². The largest absolute Gasteiger partial charge is 0.493 e. The van der Waals surface area contributed by atoms with E-state index < -0.39 is 15.8 Å². The van der Waals surface area contributed by atoms with Gasteiger partial charge in [0.25, 0.3) is 5.91 Å². The highest BCUT2D eigenvalue weighted by Crippen LogP contribution is 2.40. The van der Waals surface area contributed by atoms with E-state index in [1.54, 1.807) is 48.9 Å². The van der Waals surface area contributed by atoms with E-state index in [0.717, 1.165) is 20.1 Å². The maximum absolute atomic E-state index is 15.3. The van der Waals surface area contributed by atoms with Crippen LogP contribution in [0, 0.1) is 11.6 Å². The van der Waals surface area contributed by atoms with Crippen molar-refractivity contribution in [2.45, 2.75) is 11.0 Å². The van der Waals surface area contributed by atoms with E-state index in [1.165, 1.54) is 46.9 Å². The molecule has 0 bridgehead atoms. The summed E-state index contributed by atoms with van der Waals surface area (Å²) >= 11 is 5.12. The van der Waals surface area contributed by atoms with Crippen LogP contribution in [0.3, 0.4) is 0 Å². The Bertz CT molecular complexity index is 1820. The normalized spacial score (nSPS) is 14.9. The number of anilines is 2. The predicted molar refractivity (Wildman–Crippen MR) is 170 cm³/mol. The van der Waals surface area contributed by atoms with E-state index in [4.69, 9.17) is 9.47 Å². The molecule has 42 heavy (non-hydrogen) atoms. The van der Waals surface area contributed by atoms with Gasteiger partial charge < -0.3 is 19.7 Å². The van der Waals surface area contributed by atoms with E-state index in [1.807, 2.05) is 23.3 Å². The minimum absolute atomic E-state index is 0.00812. The molecule has 1 amide bonds. The molecule has 1 aliphatic rings. The van der Waals surface area contributed by atoms with Crippen molar-refractivity contribution in [1.29, 1.82) is 0 Å². The number of benzene rings is 2. The maximum atomic E-state index is 15.3. The van der Waals surface area contributed by atoms with Gasteiger partial charge in [0.2, 0.25) is 0 Å². The maximum Gasteiger partial charge on any atom is 0.258 e. The lowest BCUT2D eigenvalue weighted by Crippen LogP contribution is -2.36. The molecule has 2 aromatic carbocycles. The molecule has 0 fully saturated rings. The van der Waals surface area contributed by atoms with E-state index in [2.05, 4.69) is 37.9 Å². The fourth-order valence-corrected chi connectivity index (χ4v) is 7.20. The van der Waals surface area contributed by atoms with Gasteiger partial charge in [0.15, 0.2) is 11.6 Å². The van der Waals surface area contributed by atoms with Gasteiger partial charge in [-0.15, -0.1) is 22.7 Å². The van der Waals surface area contributed by atoms with Crippen molar-refractivity contribution in [1.82, 2.24) is 9.97 Å². The minimum atomic E-state index is -0.643. The first-order chi connectivity index (χ1) is 20.4. The van der Waals surface area contributed by atoms with Crippen LogP contribution in [0.2, 0.25) is 0 Å². The first-order valence-electron chi connectivity index (χ1n) is 12.7. The molecule has 1 N–H and O–H groups in total. The summed E-state index contributed by atoms with van der Waals surface area (Å²) in [6.45, 7) is 2.18. The van der Waals surface area contributed by atoms with Crippen LogP contribution in [0.1, 0.15) is 6.92 Å². The fourth-order valence-electron chi connectivity index (χ4n) is 4.33. The monoisotopic (exact) mass is 714 g/mol. The fraction of sp³-hybridized carbons (Fsp3) is 0.100. The summed E-state index contributed by atoms with van der Waals surface area (Å²) in [4.78, 5) is 25.0. The molecule has 4 heterocycles. The second-order valence-electron chi connectivity index (χ2n) is 8.92. The highest BCUT2D eigenvalue weighted by atomic mass is 127. The van der Waals surface area contributed by atoms with Crippen LogP contribution >= 0.6 is 45.3 Å². The molecule has 6 rings (SSSR count). The standard InChI is InChI=1S/C30H21F2IN4O3S2/c1-2-39-23-10-13-37(19-6-3-17(31)4-7-19)28(33)26(23)29(38)36-18-5-8-22(20(32)15-18)40-24-9-11-34-21-16-25(42-27(21)24)30-35-12-14-41-30/h3-16,28H,2H2,1H3,(H,36,38). The molecule has 1 aliphatic heterocycles. The Morgan fingerprint density at radius 3 is 2.64 bits per heavy atom. The Morgan fingerprint density at radius 2 is 1.90 bits per heavy atom. The first kappa shape index (κ1) is 28.2. The summed E-state index contributed by atoms with van der Waals surface area (Å²) in [5, 5.41) is 5.56. The number of pyridine rings is 1. The number of nitrogens with zero attached hydrogens (tertiary/aromatic N) is 3. The third kappa shape index (κ3) is 5.74. The molecule has 0 saturated heterocycles. The Balaban J connectivity index is 1.22. The zero-order chi connectivity index (χ0) is 29.2. The zero-order valence-electron chi connectivity index (χ0n) is 21.9. The highest BCUT2D eigenvalue weighted by Gasteiger charge is 2.31. The Kier molecular flexibility index (Phi) is 8.18. The lowest BCUT2D eigenvalue weighted by atomic mass is 10.1. The van der Waals surface area contributed by atoms with Crippen LogP contribution in [-0.4, -0.2) is 26.5 Å². The Hall–Kier alpha value is -3.88. The van der Waals surface area contributed by atoms with Crippen LogP contribution < -0.4 is 15.0 Å². The van der Waals surface area contributed by atoms with Crippen LogP contribution in [0.5, 0.6) is 11.5 Å². The molecule has 12 heteroatoms. The van der Waals surface area contributed by atoms with Gasteiger partial charge in [0.1, 0.15) is 26.4 Å². The zero-order valence-corrected chi connectivity index (χ0v) is 25.7. The number of amides is 1. The lowest BCUT2D eigenvalue weighted by Gasteiger charge is -2.32. The molecule has 0 radical (unpaired) electrons. The van der Waals surface area contributed by atoms with E-state index in [9.17, 15) is 9.18 Å². The van der Waals surface area contributed by atoms with Gasteiger partial charge in [-0.3, -0.25) is 9.78 Å². The van der Waals surface area contributed by atoms with Gasteiger partial charge in [-0.1, -0.05) is 22.6 Å². The van der Waals surface area contributed by atoms with Crippen molar-refractivity contribution in [3.8, 4) is 21.4 Å². The average Bonchev–Trinajstić information content (AvgIpc) is 3.66. The molecule has 5 aromatic rings. The average molecular weight is 715 g/mol. The van der Waals surface area contributed by atoms with Crippen LogP contribution in [0.15, 0.2) is 96.0 Å². The number of hydrogen-bond acceptors (Lipinski definition) is 8. The number of thiophene rings is 1. The number of hydrogen-bond donors (Lipinski definition) is 1. The molecule has 212 valence electrons. The van der Waals surface area contributed by atoms with Crippen molar-refractivity contribution >= 4 is 72.8 Å². The number of nitrogens with one attached hydrogen (secondary N) is 1. The molecule has 3 aromatic heterocycles. The van der Waals surface area contributed by atoms with Crippen LogP contribution in [0.4, 0.5) is 20.2 Å². The van der Waals surface area contributed by atoms with Gasteiger partial charge >= 0.3 is 0 Å². The van der Waals surface area contributed by atoms with E-state index in [-0.39, 0.29) is 17.3 Å². The van der Waals surface area contributed by atoms with Gasteiger partial charge in [-0.25, -0.2) is 13.8 Å². The number of alkyl halides is 1. The predicted octanol–water partition coefficient (Wildman–Crippen LogP) is 8.51. The second kappa shape index (κ2) is 12.2. The third-order valence-electron chi connectivity index (χ3n) is 6.23. The van der Waals surface area contributed by atoms with Crippen molar-refractivity contribution in [3.05, 3.63) is 108 Å². The van der Waals surface area contributed by atoms with Crippen molar-refractivity contribution in [2.24, 2.45) is 0 Å². The third-order valence-corrected chi connectivity index (χ3v) is 9.54. The topological polar surface area (TPSA) is 76.6 Å². The van der Waals surface area contributed by atoms with Crippen molar-refractivity contribution < 1.29 is 23.0 Å². The van der Waals surface area contributed by atoms with Crippen LogP contribution in [-0.2, 0) is 9.53 Å². The molecule has 1 atom stereocenters. The van der Waals surface area contributed by atoms with Crippen molar-refractivity contribution in [3.63, 3.8) is 0 Å². The number of carbonyl (C=O) groups excluding carboxylic acids is 1. The summed E-state index contributed by atoms with van der Waals surface area (Å²) < 4.78 is 40.8. The Labute approximate surface area is 261 Å². The quantitative estimate of drug-likeness (QED) is 0.0988. The van der Waals surface area contributed by atoms with Crippen LogP contribution in [0.25, 0.3) is 20.1 Å². The summed E-state index contributed by atoms with van der Waals surface area (Å²) in [5.41, 5.74) is 2.03. The summed E-state index contributed by atoms with van der Waals surface area (Å²) in [6, 6.07) is 13.9. The number of fused-ring (bicyclic) bond motifs is 1. The number of aromatic nitrogens is 2. The number of rotatable bonds is 8. The van der Waals surface area contributed by atoms with Gasteiger partial charge in [-0.2, -0.15) is 0 Å². The number of ether oxygens (including phenoxy) is 2. The summed E-state index contributed by atoms with van der Waals surface area (Å²) in [5.74, 6) is -0.566. The van der Waals surface area contributed by atoms with Gasteiger partial charge in [-0.05, 0) is 55.5 Å². The van der Waals surface area contributed by atoms with E-state index >= 15 is 4.39 Å². The molecule has 0 saturated carbocycles.